The van der Waals surface area contributed by atoms with Crippen LogP contribution in [-0.2, 0) is 9.53 Å². The highest BCUT2D eigenvalue weighted by Gasteiger charge is 2.17. The topological polar surface area (TPSA) is 45.7 Å². The second-order valence-corrected chi connectivity index (χ2v) is 7.27. The molecule has 134 valence electrons. The highest BCUT2D eigenvalue weighted by atomic mass is 35.5. The number of benzene rings is 1. The van der Waals surface area contributed by atoms with Crippen molar-refractivity contribution >= 4 is 34.0 Å². The third-order valence-corrected chi connectivity index (χ3v) is 5.32. The largest absolute Gasteiger partial charge is 0.379 e. The van der Waals surface area contributed by atoms with Crippen LogP contribution in [-0.4, -0.2) is 55.2 Å². The van der Waals surface area contributed by atoms with E-state index in [1.807, 2.05) is 29.6 Å². The van der Waals surface area contributed by atoms with Crippen molar-refractivity contribution in [3.05, 3.63) is 34.7 Å². The van der Waals surface area contributed by atoms with Crippen LogP contribution in [0.3, 0.4) is 0 Å². The summed E-state index contributed by atoms with van der Waals surface area (Å²) in [6.07, 6.45) is 0.926. The highest BCUT2D eigenvalue weighted by Crippen LogP contribution is 2.28. The molecule has 1 aliphatic rings. The average Bonchev–Trinajstić information content (AvgIpc) is 3.09. The summed E-state index contributed by atoms with van der Waals surface area (Å²) in [6.45, 7) is 6.79. The minimum atomic E-state index is 0.0268. The van der Waals surface area contributed by atoms with Crippen LogP contribution in [0.1, 0.15) is 13.3 Å². The predicted molar refractivity (Wildman–Crippen MR) is 102 cm³/mol. The monoisotopic (exact) mass is 379 g/mol. The molecule has 1 aromatic heterocycles. The lowest BCUT2D eigenvalue weighted by molar-refractivity contribution is -0.116. The Morgan fingerprint density at radius 2 is 2.04 bits per heavy atom. The number of anilines is 1. The quantitative estimate of drug-likeness (QED) is 0.770. The molecule has 2 aromatic rings. The number of rotatable bonds is 6. The van der Waals surface area contributed by atoms with Gasteiger partial charge in [-0.05, 0) is 18.6 Å². The lowest BCUT2D eigenvalue weighted by Crippen LogP contribution is -2.38. The van der Waals surface area contributed by atoms with Gasteiger partial charge in [0.05, 0.1) is 18.9 Å². The number of hydrogen-bond donors (Lipinski definition) is 0. The van der Waals surface area contributed by atoms with E-state index in [4.69, 9.17) is 16.3 Å². The van der Waals surface area contributed by atoms with E-state index in [9.17, 15) is 4.79 Å². The van der Waals surface area contributed by atoms with Gasteiger partial charge < -0.3 is 4.74 Å². The molecule has 2 heterocycles. The van der Waals surface area contributed by atoms with Gasteiger partial charge in [0, 0.05) is 49.1 Å². The van der Waals surface area contributed by atoms with E-state index in [1.54, 1.807) is 11.8 Å². The van der Waals surface area contributed by atoms with Gasteiger partial charge in [0.2, 0.25) is 5.91 Å². The molecule has 1 saturated heterocycles. The Balaban J connectivity index is 1.62. The van der Waals surface area contributed by atoms with E-state index in [-0.39, 0.29) is 5.91 Å². The SMILES string of the molecule is CC(=O)N(CCCN1CCOCC1)c1nc(-c2ccc(Cl)cc2)cs1. The number of carbonyl (C=O) groups is 1. The highest BCUT2D eigenvalue weighted by molar-refractivity contribution is 7.14. The molecule has 1 aromatic carbocycles. The molecule has 0 radical (unpaired) electrons. The van der Waals surface area contributed by atoms with Crippen molar-refractivity contribution in [2.24, 2.45) is 0 Å². The van der Waals surface area contributed by atoms with Gasteiger partial charge in [0.25, 0.3) is 0 Å². The first-order chi connectivity index (χ1) is 12.1. The summed E-state index contributed by atoms with van der Waals surface area (Å²) < 4.78 is 5.36. The van der Waals surface area contributed by atoms with Gasteiger partial charge in [-0.25, -0.2) is 4.98 Å². The number of ether oxygens (including phenoxy) is 1. The summed E-state index contributed by atoms with van der Waals surface area (Å²) >= 11 is 7.43. The summed E-state index contributed by atoms with van der Waals surface area (Å²) in [5.41, 5.74) is 1.87. The first-order valence-corrected chi connectivity index (χ1v) is 9.69. The second-order valence-electron chi connectivity index (χ2n) is 6.00. The number of thiazole rings is 1. The lowest BCUT2D eigenvalue weighted by atomic mass is 10.2. The number of carbonyl (C=O) groups excluding carboxylic acids is 1. The van der Waals surface area contributed by atoms with Gasteiger partial charge in [0.1, 0.15) is 0 Å². The summed E-state index contributed by atoms with van der Waals surface area (Å²) in [6, 6.07) is 7.58. The van der Waals surface area contributed by atoms with E-state index >= 15 is 0 Å². The minimum Gasteiger partial charge on any atom is -0.379 e. The van der Waals surface area contributed by atoms with Gasteiger partial charge in [-0.3, -0.25) is 14.6 Å². The fraction of sp³-hybridized carbons (Fsp3) is 0.444. The number of hydrogen-bond acceptors (Lipinski definition) is 5. The maximum absolute atomic E-state index is 12.1. The fourth-order valence-electron chi connectivity index (χ4n) is 2.81. The van der Waals surface area contributed by atoms with E-state index in [0.717, 1.165) is 55.7 Å². The van der Waals surface area contributed by atoms with Crippen LogP contribution in [0.15, 0.2) is 29.6 Å². The van der Waals surface area contributed by atoms with Crippen LogP contribution in [0.4, 0.5) is 5.13 Å². The molecule has 1 amide bonds. The van der Waals surface area contributed by atoms with Crippen molar-refractivity contribution in [1.29, 1.82) is 0 Å². The fourth-order valence-corrected chi connectivity index (χ4v) is 3.84. The summed E-state index contributed by atoms with van der Waals surface area (Å²) in [7, 11) is 0. The molecule has 5 nitrogen and oxygen atoms in total. The Morgan fingerprint density at radius 3 is 2.72 bits per heavy atom. The zero-order chi connectivity index (χ0) is 17.6. The third kappa shape index (κ3) is 5.01. The molecule has 0 atom stereocenters. The predicted octanol–water partition coefficient (Wildman–Crippen LogP) is 3.54. The Kier molecular flexibility index (Phi) is 6.42. The van der Waals surface area contributed by atoms with Crippen molar-refractivity contribution in [3.8, 4) is 11.3 Å². The maximum atomic E-state index is 12.1. The normalized spacial score (nSPS) is 15.3. The molecule has 0 unspecified atom stereocenters. The van der Waals surface area contributed by atoms with Crippen molar-refractivity contribution < 1.29 is 9.53 Å². The van der Waals surface area contributed by atoms with Gasteiger partial charge >= 0.3 is 0 Å². The second kappa shape index (κ2) is 8.76. The van der Waals surface area contributed by atoms with Crippen molar-refractivity contribution in [2.75, 3.05) is 44.3 Å². The molecule has 0 bridgehead atoms. The van der Waals surface area contributed by atoms with Gasteiger partial charge in [-0.2, -0.15) is 0 Å². The molecule has 7 heteroatoms. The van der Waals surface area contributed by atoms with E-state index in [0.29, 0.717) is 11.6 Å². The molecule has 0 N–H and O–H groups in total. The first-order valence-electron chi connectivity index (χ1n) is 8.43. The molecule has 25 heavy (non-hydrogen) atoms. The van der Waals surface area contributed by atoms with Gasteiger partial charge in [-0.15, -0.1) is 11.3 Å². The van der Waals surface area contributed by atoms with E-state index in [1.165, 1.54) is 11.3 Å². The van der Waals surface area contributed by atoms with Crippen molar-refractivity contribution in [3.63, 3.8) is 0 Å². The van der Waals surface area contributed by atoms with Gasteiger partial charge in [-0.1, -0.05) is 23.7 Å². The van der Waals surface area contributed by atoms with Crippen LogP contribution in [0, 0.1) is 0 Å². The summed E-state index contributed by atoms with van der Waals surface area (Å²) in [5, 5.41) is 3.43. The number of nitrogens with zero attached hydrogens (tertiary/aromatic N) is 3. The molecule has 0 aliphatic carbocycles. The number of morpholine rings is 1. The molecule has 1 fully saturated rings. The van der Waals surface area contributed by atoms with Crippen LogP contribution in [0.5, 0.6) is 0 Å². The summed E-state index contributed by atoms with van der Waals surface area (Å²) in [4.78, 5) is 20.8. The minimum absolute atomic E-state index is 0.0268. The zero-order valence-electron chi connectivity index (χ0n) is 14.3. The lowest BCUT2D eigenvalue weighted by Gasteiger charge is -2.27. The third-order valence-electron chi connectivity index (χ3n) is 4.20. The standard InChI is InChI=1S/C18H22ClN3O2S/c1-14(23)22(8-2-7-21-9-11-24-12-10-21)18-20-17(13-25-18)15-3-5-16(19)6-4-15/h3-6,13H,2,7-12H2,1H3. The molecule has 0 spiro atoms. The molecule has 3 rings (SSSR count). The number of halogens is 1. The molecule has 1 aliphatic heterocycles. The van der Waals surface area contributed by atoms with E-state index < -0.39 is 0 Å². The van der Waals surface area contributed by atoms with Crippen molar-refractivity contribution in [2.45, 2.75) is 13.3 Å². The molecule has 0 saturated carbocycles. The molecular formula is C18H22ClN3O2S. The number of amides is 1. The van der Waals surface area contributed by atoms with Crippen LogP contribution in [0.2, 0.25) is 5.02 Å². The molecular weight excluding hydrogens is 358 g/mol. The smallest absolute Gasteiger partial charge is 0.225 e. The van der Waals surface area contributed by atoms with Crippen LogP contribution >= 0.6 is 22.9 Å². The maximum Gasteiger partial charge on any atom is 0.225 e. The van der Waals surface area contributed by atoms with E-state index in [2.05, 4.69) is 9.88 Å². The van der Waals surface area contributed by atoms with Crippen molar-refractivity contribution in [1.82, 2.24) is 9.88 Å². The zero-order valence-corrected chi connectivity index (χ0v) is 15.9. The first kappa shape index (κ1) is 18.3. The summed E-state index contributed by atoms with van der Waals surface area (Å²) in [5.74, 6) is 0.0268. The Hall–Kier alpha value is -1.47. The van der Waals surface area contributed by atoms with Gasteiger partial charge in [0.15, 0.2) is 5.13 Å². The Morgan fingerprint density at radius 1 is 1.32 bits per heavy atom. The van der Waals surface area contributed by atoms with Crippen LogP contribution < -0.4 is 4.90 Å². The Bertz CT molecular complexity index is 699. The van der Waals surface area contributed by atoms with Crippen LogP contribution in [0.25, 0.3) is 11.3 Å². The average molecular weight is 380 g/mol. The number of aromatic nitrogens is 1. The Labute approximate surface area is 157 Å².